The molecule has 0 saturated heterocycles. The van der Waals surface area contributed by atoms with E-state index in [1.54, 1.807) is 12.1 Å². The Labute approximate surface area is 171 Å². The number of rotatable bonds is 10. The highest BCUT2D eigenvalue weighted by atomic mass is 16.5. The van der Waals surface area contributed by atoms with Gasteiger partial charge in [0.1, 0.15) is 30.5 Å². The van der Waals surface area contributed by atoms with Gasteiger partial charge in [0, 0.05) is 5.69 Å². The fraction of sp³-hybridized carbons (Fsp3) is 0.208. The maximum atomic E-state index is 12.5. The maximum absolute atomic E-state index is 12.5. The molecule has 29 heavy (non-hydrogen) atoms. The molecule has 0 spiro atoms. The third kappa shape index (κ3) is 6.57. The molecule has 3 aromatic carbocycles. The van der Waals surface area contributed by atoms with E-state index in [0.29, 0.717) is 36.8 Å². The average molecular weight is 391 g/mol. The Morgan fingerprint density at radius 2 is 1.28 bits per heavy atom. The summed E-state index contributed by atoms with van der Waals surface area (Å²) < 4.78 is 17.0. The molecule has 0 saturated carbocycles. The van der Waals surface area contributed by atoms with Crippen LogP contribution in [0.25, 0.3) is 0 Å². The minimum atomic E-state index is -0.552. The summed E-state index contributed by atoms with van der Waals surface area (Å²) in [6, 6.07) is 26.2. The molecule has 1 amide bonds. The summed E-state index contributed by atoms with van der Waals surface area (Å²) in [7, 11) is 0. The van der Waals surface area contributed by atoms with Crippen LogP contribution in [0.3, 0.4) is 0 Å². The largest absolute Gasteiger partial charge is 0.490 e. The van der Waals surface area contributed by atoms with Crippen LogP contribution in [0.4, 0.5) is 5.69 Å². The van der Waals surface area contributed by atoms with Crippen molar-refractivity contribution in [3.8, 4) is 17.2 Å². The monoisotopic (exact) mass is 391 g/mol. The summed E-state index contributed by atoms with van der Waals surface area (Å²) in [4.78, 5) is 12.5. The molecular weight excluding hydrogens is 366 g/mol. The molecule has 0 bridgehead atoms. The zero-order chi connectivity index (χ0) is 20.3. The first-order valence-electron chi connectivity index (χ1n) is 9.68. The van der Waals surface area contributed by atoms with Crippen molar-refractivity contribution in [3.05, 3.63) is 84.9 Å². The van der Waals surface area contributed by atoms with Crippen molar-refractivity contribution in [1.82, 2.24) is 0 Å². The second kappa shape index (κ2) is 10.8. The Kier molecular flexibility index (Phi) is 7.52. The van der Waals surface area contributed by atoms with E-state index in [4.69, 9.17) is 14.2 Å². The molecule has 0 aliphatic rings. The number of amides is 1. The second-order valence-electron chi connectivity index (χ2n) is 6.35. The zero-order valence-electron chi connectivity index (χ0n) is 16.4. The van der Waals surface area contributed by atoms with Crippen LogP contribution in [0.15, 0.2) is 84.9 Å². The Morgan fingerprint density at radius 3 is 1.83 bits per heavy atom. The molecule has 1 atom stereocenters. The van der Waals surface area contributed by atoms with Crippen molar-refractivity contribution in [2.24, 2.45) is 0 Å². The minimum absolute atomic E-state index is 0.179. The van der Waals surface area contributed by atoms with Gasteiger partial charge in [-0.2, -0.15) is 0 Å². The SMILES string of the molecule is CC[C@@H](Oc1ccccc1)C(=O)Nc1ccc(OCCOc2ccccc2)cc1. The van der Waals surface area contributed by atoms with E-state index in [9.17, 15) is 4.79 Å². The Morgan fingerprint density at radius 1 is 0.759 bits per heavy atom. The molecule has 0 unspecified atom stereocenters. The average Bonchev–Trinajstić information content (AvgIpc) is 2.77. The van der Waals surface area contributed by atoms with Crippen molar-refractivity contribution >= 4 is 11.6 Å². The molecule has 0 heterocycles. The quantitative estimate of drug-likeness (QED) is 0.497. The van der Waals surface area contributed by atoms with Gasteiger partial charge < -0.3 is 19.5 Å². The number of para-hydroxylation sites is 2. The van der Waals surface area contributed by atoms with Crippen molar-refractivity contribution < 1.29 is 19.0 Å². The Bertz CT molecular complexity index is 866. The van der Waals surface area contributed by atoms with Gasteiger partial charge in [0.25, 0.3) is 5.91 Å². The first kappa shape index (κ1) is 20.3. The Balaban J connectivity index is 1.44. The lowest BCUT2D eigenvalue weighted by molar-refractivity contribution is -0.122. The van der Waals surface area contributed by atoms with E-state index in [1.165, 1.54) is 0 Å². The summed E-state index contributed by atoms with van der Waals surface area (Å²) in [5.41, 5.74) is 0.693. The van der Waals surface area contributed by atoms with Gasteiger partial charge in [-0.3, -0.25) is 4.79 Å². The lowest BCUT2D eigenvalue weighted by Crippen LogP contribution is -2.32. The third-order valence-electron chi connectivity index (χ3n) is 4.17. The minimum Gasteiger partial charge on any atom is -0.490 e. The zero-order valence-corrected chi connectivity index (χ0v) is 16.4. The van der Waals surface area contributed by atoms with Gasteiger partial charge in [-0.15, -0.1) is 0 Å². The fourth-order valence-corrected chi connectivity index (χ4v) is 2.68. The standard InChI is InChI=1S/C24H25NO4/c1-2-23(29-22-11-7-4-8-12-22)24(26)25-19-13-15-21(16-14-19)28-18-17-27-20-9-5-3-6-10-20/h3-16,23H,2,17-18H2,1H3,(H,25,26)/t23-/m1/s1. The van der Waals surface area contributed by atoms with Crippen LogP contribution >= 0.6 is 0 Å². The molecule has 0 aliphatic carbocycles. The van der Waals surface area contributed by atoms with Gasteiger partial charge in [0.05, 0.1) is 0 Å². The molecule has 3 aromatic rings. The molecule has 0 aliphatic heterocycles. The number of ether oxygens (including phenoxy) is 3. The third-order valence-corrected chi connectivity index (χ3v) is 4.17. The molecule has 0 aromatic heterocycles. The van der Waals surface area contributed by atoms with Gasteiger partial charge in [-0.25, -0.2) is 0 Å². The lowest BCUT2D eigenvalue weighted by Gasteiger charge is -2.17. The van der Waals surface area contributed by atoms with Gasteiger partial charge in [-0.1, -0.05) is 43.3 Å². The lowest BCUT2D eigenvalue weighted by atomic mass is 10.2. The van der Waals surface area contributed by atoms with Gasteiger partial charge in [-0.05, 0) is 55.0 Å². The van der Waals surface area contributed by atoms with E-state index in [2.05, 4.69) is 5.32 Å². The number of benzene rings is 3. The van der Waals surface area contributed by atoms with Crippen molar-refractivity contribution in [3.63, 3.8) is 0 Å². The number of carbonyl (C=O) groups is 1. The summed E-state index contributed by atoms with van der Waals surface area (Å²) >= 11 is 0. The van der Waals surface area contributed by atoms with Crippen LogP contribution in [-0.4, -0.2) is 25.2 Å². The molecule has 0 radical (unpaired) electrons. The number of anilines is 1. The first-order chi connectivity index (χ1) is 14.2. The highest BCUT2D eigenvalue weighted by Gasteiger charge is 2.18. The first-order valence-corrected chi connectivity index (χ1v) is 9.68. The highest BCUT2D eigenvalue weighted by molar-refractivity contribution is 5.94. The summed E-state index contributed by atoms with van der Waals surface area (Å²) in [6.07, 6.45) is 0.0204. The van der Waals surface area contributed by atoms with E-state index in [0.717, 1.165) is 5.75 Å². The second-order valence-corrected chi connectivity index (χ2v) is 6.35. The van der Waals surface area contributed by atoms with Crippen LogP contribution in [0.2, 0.25) is 0 Å². The summed E-state index contributed by atoms with van der Waals surface area (Å²) in [5, 5.41) is 2.88. The molecule has 3 rings (SSSR count). The van der Waals surface area contributed by atoms with Gasteiger partial charge in [0.15, 0.2) is 6.10 Å². The number of hydrogen-bond acceptors (Lipinski definition) is 4. The number of nitrogens with one attached hydrogen (secondary N) is 1. The summed E-state index contributed by atoms with van der Waals surface area (Å²) in [6.45, 7) is 2.81. The predicted molar refractivity (Wildman–Crippen MR) is 114 cm³/mol. The van der Waals surface area contributed by atoms with Crippen molar-refractivity contribution in [1.29, 1.82) is 0 Å². The van der Waals surface area contributed by atoms with Crippen LogP contribution in [0.1, 0.15) is 13.3 Å². The normalized spacial score (nSPS) is 11.3. The topological polar surface area (TPSA) is 56.8 Å². The van der Waals surface area contributed by atoms with Crippen LogP contribution in [0, 0.1) is 0 Å². The molecule has 1 N–H and O–H groups in total. The van der Waals surface area contributed by atoms with E-state index in [-0.39, 0.29) is 5.91 Å². The van der Waals surface area contributed by atoms with Gasteiger partial charge in [0.2, 0.25) is 0 Å². The molecule has 0 fully saturated rings. The molecule has 5 heteroatoms. The van der Waals surface area contributed by atoms with Gasteiger partial charge >= 0.3 is 0 Å². The predicted octanol–water partition coefficient (Wildman–Crippen LogP) is 4.94. The van der Waals surface area contributed by atoms with Crippen LogP contribution < -0.4 is 19.5 Å². The van der Waals surface area contributed by atoms with Crippen LogP contribution in [-0.2, 0) is 4.79 Å². The molecule has 5 nitrogen and oxygen atoms in total. The number of carbonyl (C=O) groups excluding carboxylic acids is 1. The van der Waals surface area contributed by atoms with Crippen molar-refractivity contribution in [2.45, 2.75) is 19.4 Å². The van der Waals surface area contributed by atoms with E-state index >= 15 is 0 Å². The van der Waals surface area contributed by atoms with Crippen molar-refractivity contribution in [2.75, 3.05) is 18.5 Å². The Hall–Kier alpha value is -3.47. The van der Waals surface area contributed by atoms with E-state index in [1.807, 2.05) is 79.7 Å². The van der Waals surface area contributed by atoms with Crippen LogP contribution in [0.5, 0.6) is 17.2 Å². The molecule has 150 valence electrons. The maximum Gasteiger partial charge on any atom is 0.265 e. The highest BCUT2D eigenvalue weighted by Crippen LogP contribution is 2.18. The van der Waals surface area contributed by atoms with E-state index < -0.39 is 6.10 Å². The molecular formula is C24H25NO4. The fourth-order valence-electron chi connectivity index (χ4n) is 2.68. The smallest absolute Gasteiger partial charge is 0.265 e. The summed E-state index contributed by atoms with van der Waals surface area (Å²) in [5.74, 6) is 2.03. The number of hydrogen-bond donors (Lipinski definition) is 1.